The van der Waals surface area contributed by atoms with Gasteiger partial charge in [-0.15, -0.1) is 0 Å². The first-order chi connectivity index (χ1) is 10.4. The molecule has 7 heteroatoms. The molecule has 5 nitrogen and oxygen atoms in total. The van der Waals surface area contributed by atoms with Crippen LogP contribution in [0.4, 0.5) is 8.78 Å². The number of hydrogen-bond acceptors (Lipinski definition) is 3. The molecule has 0 unspecified atom stereocenters. The predicted molar refractivity (Wildman–Crippen MR) is 76.9 cm³/mol. The van der Waals surface area contributed by atoms with Crippen LogP contribution in [0.5, 0.6) is 0 Å². The van der Waals surface area contributed by atoms with Gasteiger partial charge < -0.3 is 10.2 Å². The molecule has 0 aromatic heterocycles. The quantitative estimate of drug-likeness (QED) is 0.892. The molecule has 2 amide bonds. The Morgan fingerprint density at radius 1 is 1.36 bits per heavy atom. The van der Waals surface area contributed by atoms with Crippen molar-refractivity contribution in [1.29, 1.82) is 0 Å². The summed E-state index contributed by atoms with van der Waals surface area (Å²) < 4.78 is 26.3. The van der Waals surface area contributed by atoms with Crippen LogP contribution >= 0.6 is 0 Å². The molecule has 1 N–H and O–H groups in total. The Morgan fingerprint density at radius 3 is 2.73 bits per heavy atom. The number of nitrogens with zero attached hydrogens (tertiary/aromatic N) is 2. The highest BCUT2D eigenvalue weighted by Gasteiger charge is 2.32. The maximum absolute atomic E-state index is 13.3. The van der Waals surface area contributed by atoms with E-state index >= 15 is 0 Å². The number of carbonyl (C=O) groups excluding carboxylic acids is 2. The third kappa shape index (κ3) is 3.79. The SMILES string of the molecule is CN(C)C(=O)C[C@@H]1C(=O)NCCN1Cc1ccc(F)c(F)c1. The van der Waals surface area contributed by atoms with Gasteiger partial charge >= 0.3 is 0 Å². The lowest BCUT2D eigenvalue weighted by Crippen LogP contribution is -2.56. The van der Waals surface area contributed by atoms with Crippen molar-refractivity contribution in [2.45, 2.75) is 19.0 Å². The second-order valence-electron chi connectivity index (χ2n) is 5.52. The number of halogens is 2. The molecule has 0 saturated carbocycles. The smallest absolute Gasteiger partial charge is 0.237 e. The van der Waals surface area contributed by atoms with E-state index in [1.807, 2.05) is 4.90 Å². The van der Waals surface area contributed by atoms with Gasteiger partial charge in [0.15, 0.2) is 11.6 Å². The third-order valence-electron chi connectivity index (χ3n) is 3.68. The minimum Gasteiger partial charge on any atom is -0.353 e. The van der Waals surface area contributed by atoms with Crippen molar-refractivity contribution in [3.63, 3.8) is 0 Å². The molecule has 22 heavy (non-hydrogen) atoms. The average molecular weight is 311 g/mol. The Balaban J connectivity index is 2.13. The fourth-order valence-corrected chi connectivity index (χ4v) is 2.39. The van der Waals surface area contributed by atoms with E-state index in [0.29, 0.717) is 18.7 Å². The molecular weight excluding hydrogens is 292 g/mol. The van der Waals surface area contributed by atoms with Gasteiger partial charge in [-0.05, 0) is 17.7 Å². The predicted octanol–water partition coefficient (Wildman–Crippen LogP) is 0.743. The van der Waals surface area contributed by atoms with Gasteiger partial charge in [0.25, 0.3) is 0 Å². The van der Waals surface area contributed by atoms with Crippen molar-refractivity contribution < 1.29 is 18.4 Å². The van der Waals surface area contributed by atoms with Crippen molar-refractivity contribution in [2.24, 2.45) is 0 Å². The summed E-state index contributed by atoms with van der Waals surface area (Å²) in [6.45, 7) is 1.31. The molecule has 1 aliphatic rings. The van der Waals surface area contributed by atoms with E-state index in [2.05, 4.69) is 5.32 Å². The number of carbonyl (C=O) groups is 2. The lowest BCUT2D eigenvalue weighted by Gasteiger charge is -2.35. The van der Waals surface area contributed by atoms with Gasteiger partial charge in [-0.1, -0.05) is 6.07 Å². The zero-order chi connectivity index (χ0) is 16.3. The summed E-state index contributed by atoms with van der Waals surface area (Å²) in [5, 5.41) is 2.73. The van der Waals surface area contributed by atoms with Gasteiger partial charge in [0, 0.05) is 33.7 Å². The van der Waals surface area contributed by atoms with Crippen LogP contribution in [0.2, 0.25) is 0 Å². The summed E-state index contributed by atoms with van der Waals surface area (Å²) >= 11 is 0. The first-order valence-electron chi connectivity index (χ1n) is 7.04. The van der Waals surface area contributed by atoms with E-state index in [-0.39, 0.29) is 24.8 Å². The summed E-state index contributed by atoms with van der Waals surface area (Å²) in [6, 6.07) is 3.06. The Kier molecular flexibility index (Phi) is 5.07. The zero-order valence-electron chi connectivity index (χ0n) is 12.6. The van der Waals surface area contributed by atoms with Crippen molar-refractivity contribution in [3.8, 4) is 0 Å². The van der Waals surface area contributed by atoms with Gasteiger partial charge in [0.2, 0.25) is 11.8 Å². The number of amides is 2. The van der Waals surface area contributed by atoms with E-state index in [9.17, 15) is 18.4 Å². The van der Waals surface area contributed by atoms with Crippen molar-refractivity contribution in [3.05, 3.63) is 35.4 Å². The normalized spacial score (nSPS) is 18.9. The Hall–Kier alpha value is -2.02. The second kappa shape index (κ2) is 6.83. The zero-order valence-corrected chi connectivity index (χ0v) is 12.6. The van der Waals surface area contributed by atoms with E-state index in [1.54, 1.807) is 14.1 Å². The van der Waals surface area contributed by atoms with E-state index in [0.717, 1.165) is 12.1 Å². The lowest BCUT2D eigenvalue weighted by molar-refractivity contribution is -0.137. The number of piperazine rings is 1. The number of hydrogen-bond donors (Lipinski definition) is 1. The largest absolute Gasteiger partial charge is 0.353 e. The standard InChI is InChI=1S/C15H19F2N3O2/c1-19(2)14(21)8-13-15(22)18-5-6-20(13)9-10-3-4-11(16)12(17)7-10/h3-4,7,13H,5-6,8-9H2,1-2H3,(H,18,22)/t13-/m1/s1. The molecule has 1 aromatic rings. The second-order valence-corrected chi connectivity index (χ2v) is 5.52. The van der Waals surface area contributed by atoms with E-state index in [4.69, 9.17) is 0 Å². The minimum atomic E-state index is -0.917. The fraction of sp³-hybridized carbons (Fsp3) is 0.467. The maximum atomic E-state index is 13.3. The molecule has 0 aliphatic carbocycles. The van der Waals surface area contributed by atoms with Crippen LogP contribution in [-0.4, -0.2) is 54.8 Å². The van der Waals surface area contributed by atoms with Crippen molar-refractivity contribution >= 4 is 11.8 Å². The molecule has 120 valence electrons. The van der Waals surface area contributed by atoms with Gasteiger partial charge in [-0.25, -0.2) is 8.78 Å². The minimum absolute atomic E-state index is 0.0580. The number of benzene rings is 1. The monoisotopic (exact) mass is 311 g/mol. The van der Waals surface area contributed by atoms with Crippen LogP contribution in [0.25, 0.3) is 0 Å². The first-order valence-corrected chi connectivity index (χ1v) is 7.04. The van der Waals surface area contributed by atoms with Gasteiger partial charge in [-0.2, -0.15) is 0 Å². The van der Waals surface area contributed by atoms with Gasteiger partial charge in [0.1, 0.15) is 0 Å². The molecule has 1 atom stereocenters. The van der Waals surface area contributed by atoms with Crippen LogP contribution in [-0.2, 0) is 16.1 Å². The molecule has 1 saturated heterocycles. The van der Waals surface area contributed by atoms with E-state index in [1.165, 1.54) is 11.0 Å². The summed E-state index contributed by atoms with van der Waals surface area (Å²) in [5.41, 5.74) is 0.566. The summed E-state index contributed by atoms with van der Waals surface area (Å²) in [4.78, 5) is 27.1. The number of rotatable bonds is 4. The van der Waals surface area contributed by atoms with Gasteiger partial charge in [-0.3, -0.25) is 14.5 Å². The lowest BCUT2D eigenvalue weighted by atomic mass is 10.1. The molecule has 1 fully saturated rings. The van der Waals surface area contributed by atoms with Crippen molar-refractivity contribution in [2.75, 3.05) is 27.2 Å². The fourth-order valence-electron chi connectivity index (χ4n) is 2.39. The highest BCUT2D eigenvalue weighted by molar-refractivity contribution is 5.88. The van der Waals surface area contributed by atoms with Crippen LogP contribution in [0, 0.1) is 11.6 Å². The molecule has 2 rings (SSSR count). The topological polar surface area (TPSA) is 52.7 Å². The summed E-state index contributed by atoms with van der Waals surface area (Å²) in [6.07, 6.45) is 0.0580. The average Bonchev–Trinajstić information content (AvgIpc) is 2.46. The Morgan fingerprint density at radius 2 is 2.09 bits per heavy atom. The first kappa shape index (κ1) is 16.4. The summed E-state index contributed by atoms with van der Waals surface area (Å²) in [5.74, 6) is -2.19. The third-order valence-corrected chi connectivity index (χ3v) is 3.68. The molecule has 0 radical (unpaired) electrons. The van der Waals surface area contributed by atoms with Crippen LogP contribution in [0.1, 0.15) is 12.0 Å². The summed E-state index contributed by atoms with van der Waals surface area (Å²) in [7, 11) is 3.26. The van der Waals surface area contributed by atoms with Crippen molar-refractivity contribution in [1.82, 2.24) is 15.1 Å². The van der Waals surface area contributed by atoms with Crippen LogP contribution in [0.3, 0.4) is 0 Å². The molecule has 0 bridgehead atoms. The van der Waals surface area contributed by atoms with Crippen LogP contribution in [0.15, 0.2) is 18.2 Å². The Labute approximate surface area is 127 Å². The molecule has 1 aliphatic heterocycles. The van der Waals surface area contributed by atoms with E-state index < -0.39 is 17.7 Å². The molecule has 1 aromatic carbocycles. The molecule has 1 heterocycles. The Bertz CT molecular complexity index is 578. The molecular formula is C15H19F2N3O2. The highest BCUT2D eigenvalue weighted by atomic mass is 19.2. The highest BCUT2D eigenvalue weighted by Crippen LogP contribution is 2.16. The van der Waals surface area contributed by atoms with Crippen LogP contribution < -0.4 is 5.32 Å². The maximum Gasteiger partial charge on any atom is 0.237 e. The van der Waals surface area contributed by atoms with Gasteiger partial charge in [0.05, 0.1) is 12.5 Å². The molecule has 0 spiro atoms. The number of nitrogens with one attached hydrogen (secondary N) is 1.